The van der Waals surface area contributed by atoms with E-state index in [0.29, 0.717) is 90.5 Å². The minimum absolute atomic E-state index is 0.00378. The molecular formula is C42H40Cl2F4N10O2. The fourth-order valence-electron chi connectivity index (χ4n) is 7.43. The first-order valence-corrected chi connectivity index (χ1v) is 19.8. The number of anilines is 2. The Hall–Kier alpha value is -5.74. The van der Waals surface area contributed by atoms with Gasteiger partial charge in [-0.25, -0.2) is 47.5 Å². The molecule has 0 saturated carbocycles. The van der Waals surface area contributed by atoms with Crippen LogP contribution in [0.4, 0.5) is 29.5 Å². The zero-order chi connectivity index (χ0) is 42.9. The van der Waals surface area contributed by atoms with E-state index in [1.807, 2.05) is 23.6 Å². The second-order valence-corrected chi connectivity index (χ2v) is 17.1. The molecule has 8 rings (SSSR count). The van der Waals surface area contributed by atoms with Crippen molar-refractivity contribution in [2.45, 2.75) is 53.6 Å². The fourth-order valence-corrected chi connectivity index (χ4v) is 7.90. The largest absolute Gasteiger partial charge is 0.341 e. The number of benzene rings is 2. The summed E-state index contributed by atoms with van der Waals surface area (Å²) >= 11 is 12.1. The quantitative estimate of drug-likeness (QED) is 0.113. The monoisotopic (exact) mass is 862 g/mol. The summed E-state index contributed by atoms with van der Waals surface area (Å²) in [6.07, 6.45) is 6.59. The van der Waals surface area contributed by atoms with Crippen LogP contribution in [0.2, 0.25) is 10.0 Å². The molecule has 0 saturated heterocycles. The second kappa shape index (κ2) is 17.1. The van der Waals surface area contributed by atoms with Gasteiger partial charge in [-0.2, -0.15) is 0 Å². The van der Waals surface area contributed by atoms with Gasteiger partial charge in [0.1, 0.15) is 24.3 Å². The van der Waals surface area contributed by atoms with E-state index in [1.54, 1.807) is 33.7 Å². The first-order chi connectivity index (χ1) is 28.5. The summed E-state index contributed by atoms with van der Waals surface area (Å²) in [6, 6.07) is 10.5. The average Bonchev–Trinajstić information content (AvgIpc) is 3.20. The van der Waals surface area contributed by atoms with Crippen molar-refractivity contribution in [1.29, 1.82) is 0 Å². The molecule has 0 radical (unpaired) electrons. The van der Waals surface area contributed by atoms with Crippen LogP contribution in [0.3, 0.4) is 0 Å². The summed E-state index contributed by atoms with van der Waals surface area (Å²) in [7, 11) is 0. The van der Waals surface area contributed by atoms with E-state index in [4.69, 9.17) is 28.2 Å². The first-order valence-electron chi connectivity index (χ1n) is 19.0. The van der Waals surface area contributed by atoms with Gasteiger partial charge in [-0.05, 0) is 54.3 Å². The molecule has 312 valence electrons. The molecule has 0 N–H and O–H groups in total. The molecule has 0 spiro atoms. The molecule has 0 bridgehead atoms. The van der Waals surface area contributed by atoms with Crippen molar-refractivity contribution in [3.05, 3.63) is 139 Å². The van der Waals surface area contributed by atoms with E-state index in [-0.39, 0.29) is 45.5 Å². The van der Waals surface area contributed by atoms with E-state index >= 15 is 0 Å². The molecule has 0 fully saturated rings. The van der Waals surface area contributed by atoms with E-state index in [2.05, 4.69) is 38.8 Å². The highest BCUT2D eigenvalue weighted by Gasteiger charge is 2.34. The van der Waals surface area contributed by atoms with Crippen molar-refractivity contribution < 1.29 is 17.6 Å². The Balaban J connectivity index is 0.000000181. The van der Waals surface area contributed by atoms with Crippen molar-refractivity contribution in [3.63, 3.8) is 0 Å². The Labute approximate surface area is 352 Å². The molecule has 0 amide bonds. The summed E-state index contributed by atoms with van der Waals surface area (Å²) in [5, 5.41) is 0.411. The topological polar surface area (TPSA) is 128 Å². The van der Waals surface area contributed by atoms with E-state index in [1.165, 1.54) is 36.9 Å². The van der Waals surface area contributed by atoms with Gasteiger partial charge in [-0.1, -0.05) is 50.9 Å². The number of fused-ring (bicyclic) bond motifs is 2. The molecule has 18 heteroatoms. The van der Waals surface area contributed by atoms with E-state index in [0.717, 1.165) is 6.07 Å². The van der Waals surface area contributed by atoms with E-state index in [9.17, 15) is 27.2 Å². The summed E-state index contributed by atoms with van der Waals surface area (Å²) in [5.41, 5.74) is 2.01. The Bertz CT molecular complexity index is 2480. The highest BCUT2D eigenvalue weighted by atomic mass is 35.5. The summed E-state index contributed by atoms with van der Waals surface area (Å²) < 4.78 is 58.0. The van der Waals surface area contributed by atoms with Crippen LogP contribution in [-0.2, 0) is 25.9 Å². The van der Waals surface area contributed by atoms with Crippen LogP contribution in [0.5, 0.6) is 0 Å². The van der Waals surface area contributed by atoms with E-state index < -0.39 is 23.3 Å². The van der Waals surface area contributed by atoms with Crippen molar-refractivity contribution in [2.24, 2.45) is 10.8 Å². The molecule has 2 aromatic carbocycles. The molecule has 2 aliphatic rings. The third kappa shape index (κ3) is 9.49. The minimum Gasteiger partial charge on any atom is -0.341 e. The lowest BCUT2D eigenvalue weighted by atomic mass is 9.90. The second-order valence-electron chi connectivity index (χ2n) is 16.3. The molecule has 0 atom stereocenters. The number of hydrogen-bond donors (Lipinski definition) is 0. The van der Waals surface area contributed by atoms with Crippen LogP contribution in [0.25, 0.3) is 22.8 Å². The van der Waals surface area contributed by atoms with Crippen molar-refractivity contribution in [2.75, 3.05) is 36.0 Å². The first kappa shape index (κ1) is 42.4. The fraction of sp³-hybridized carbons (Fsp3) is 0.333. The maximum atomic E-state index is 14.1. The number of hydrogen-bond acceptors (Lipinski definition) is 10. The summed E-state index contributed by atoms with van der Waals surface area (Å²) in [4.78, 5) is 55.1. The molecule has 60 heavy (non-hydrogen) atoms. The molecular weight excluding hydrogens is 823 g/mol. The lowest BCUT2D eigenvalue weighted by molar-refractivity contribution is 0.274. The Morgan fingerprint density at radius 1 is 0.567 bits per heavy atom. The summed E-state index contributed by atoms with van der Waals surface area (Å²) in [6.45, 7) is 11.3. The van der Waals surface area contributed by atoms with Gasteiger partial charge in [0.2, 0.25) is 11.9 Å². The van der Waals surface area contributed by atoms with Crippen LogP contribution in [0, 0.1) is 34.1 Å². The molecule has 0 aliphatic carbocycles. The SMILES string of the molecule is CC1(C)CN(CCc2cc(F)c(Cl)cc2Cl)c2nc(-c3ccncn3)cc(=O)n2C1.CC1(C)CN(CCc2cc(F)c(F)cc2F)c2nc(-c3ccncn3)cc(=O)n2C1. The maximum absolute atomic E-state index is 14.1. The zero-order valence-corrected chi connectivity index (χ0v) is 34.7. The molecule has 2 aliphatic heterocycles. The van der Waals surface area contributed by atoms with Crippen LogP contribution in [-0.4, -0.2) is 65.2 Å². The van der Waals surface area contributed by atoms with Gasteiger partial charge in [0.25, 0.3) is 11.1 Å². The number of aromatic nitrogens is 8. The van der Waals surface area contributed by atoms with Crippen LogP contribution < -0.4 is 20.9 Å². The molecule has 6 heterocycles. The lowest BCUT2D eigenvalue weighted by Gasteiger charge is -2.40. The van der Waals surface area contributed by atoms with Crippen molar-refractivity contribution >= 4 is 35.1 Å². The molecule has 0 unspecified atom stereocenters. The third-order valence-electron chi connectivity index (χ3n) is 10.1. The number of halogens is 6. The van der Waals surface area contributed by atoms with Gasteiger partial charge in [0.15, 0.2) is 11.6 Å². The number of nitrogens with zero attached hydrogens (tertiary/aromatic N) is 10. The van der Waals surface area contributed by atoms with Crippen LogP contribution >= 0.6 is 23.2 Å². The lowest BCUT2D eigenvalue weighted by Crippen LogP contribution is -2.48. The van der Waals surface area contributed by atoms with Crippen molar-refractivity contribution in [1.82, 2.24) is 39.0 Å². The molecule has 12 nitrogen and oxygen atoms in total. The smallest absolute Gasteiger partial charge is 0.255 e. The van der Waals surface area contributed by atoms with Crippen LogP contribution in [0.15, 0.2) is 83.2 Å². The summed E-state index contributed by atoms with van der Waals surface area (Å²) in [5.74, 6) is -2.60. The normalized spacial score (nSPS) is 15.2. The zero-order valence-electron chi connectivity index (χ0n) is 33.1. The van der Waals surface area contributed by atoms with Gasteiger partial charge in [-0.15, -0.1) is 0 Å². The minimum atomic E-state index is -1.22. The standard InChI is InChI=1S/C21H20Cl2FN5O.C21H20F3N5O/c1-21(2)10-28(6-4-13-7-16(24)15(23)8-14(13)22)20-27-18(9-19(30)29(20)11-21)17-3-5-25-12-26-17;1-21(2)10-28(6-4-13-7-15(23)16(24)8-14(13)22)20-27-18(9-19(30)29(20)11-21)17-3-5-25-12-26-17/h2*3,5,7-9,12H,4,6,10-11H2,1-2H3. The van der Waals surface area contributed by atoms with Gasteiger partial charge >= 0.3 is 0 Å². The van der Waals surface area contributed by atoms with Gasteiger partial charge in [0.05, 0.1) is 27.8 Å². The average molecular weight is 864 g/mol. The van der Waals surface area contributed by atoms with Gasteiger partial charge in [0, 0.05) is 85.7 Å². The van der Waals surface area contributed by atoms with Crippen LogP contribution in [0.1, 0.15) is 38.8 Å². The number of rotatable bonds is 8. The third-order valence-corrected chi connectivity index (χ3v) is 10.8. The van der Waals surface area contributed by atoms with Gasteiger partial charge in [-0.3, -0.25) is 18.7 Å². The van der Waals surface area contributed by atoms with Gasteiger partial charge < -0.3 is 9.80 Å². The highest BCUT2D eigenvalue weighted by molar-refractivity contribution is 6.35. The predicted molar refractivity (Wildman–Crippen MR) is 221 cm³/mol. The molecule has 6 aromatic rings. The predicted octanol–water partition coefficient (Wildman–Crippen LogP) is 7.44. The van der Waals surface area contributed by atoms with Crippen molar-refractivity contribution in [3.8, 4) is 22.8 Å². The molecule has 4 aromatic heterocycles. The Morgan fingerprint density at radius 3 is 1.52 bits per heavy atom. The maximum Gasteiger partial charge on any atom is 0.255 e. The highest BCUT2D eigenvalue weighted by Crippen LogP contribution is 2.33. The Kier molecular flexibility index (Phi) is 12.1. The Morgan fingerprint density at radius 2 is 1.03 bits per heavy atom.